The fraction of sp³-hybridized carbons (Fsp3) is 0.421. The highest BCUT2D eigenvalue weighted by Crippen LogP contribution is 2.30. The Morgan fingerprint density at radius 1 is 1.36 bits per heavy atom. The normalized spacial score (nSPS) is 15.9. The van der Waals surface area contributed by atoms with Gasteiger partial charge in [0.25, 0.3) is 5.91 Å². The molecular weight excluding hydrogens is 446 g/mol. The first-order chi connectivity index (χ1) is 13.5. The number of likely N-dealkylation sites (tertiary alicyclic amines) is 1. The number of hydrogen-bond donors (Lipinski definition) is 2. The van der Waals surface area contributed by atoms with Crippen LogP contribution in [0.1, 0.15) is 40.5 Å². The number of nitrogens with zero attached hydrogens (tertiary/aromatic N) is 2. The number of hydrogen-bond acceptors (Lipinski definition) is 5. The second kappa shape index (κ2) is 9.38. The van der Waals surface area contributed by atoms with Crippen LogP contribution in [0.3, 0.4) is 0 Å². The van der Waals surface area contributed by atoms with Gasteiger partial charge in [-0.05, 0) is 58.8 Å². The van der Waals surface area contributed by atoms with Crippen LogP contribution in [0.25, 0.3) is 0 Å². The number of rotatable bonds is 6. The topological polar surface area (TPSA) is 91.8 Å². The summed E-state index contributed by atoms with van der Waals surface area (Å²) in [6.07, 6.45) is 3.16. The van der Waals surface area contributed by atoms with E-state index < -0.39 is 6.09 Å². The molecule has 0 saturated carbocycles. The highest BCUT2D eigenvalue weighted by Gasteiger charge is 2.27. The van der Waals surface area contributed by atoms with Crippen molar-refractivity contribution in [2.24, 2.45) is 5.92 Å². The Morgan fingerprint density at radius 3 is 2.64 bits per heavy atom. The number of ether oxygens (including phenoxy) is 1. The van der Waals surface area contributed by atoms with Gasteiger partial charge in [-0.15, -0.1) is 11.3 Å². The van der Waals surface area contributed by atoms with Gasteiger partial charge in [0.15, 0.2) is 0 Å². The van der Waals surface area contributed by atoms with Gasteiger partial charge in [0.1, 0.15) is 0 Å². The molecule has 7 nitrogen and oxygen atoms in total. The third-order valence-electron chi connectivity index (χ3n) is 4.93. The molecular formula is C19H22BrN3O4S. The zero-order chi connectivity index (χ0) is 20.1. The molecule has 0 unspecified atom stereocenters. The minimum Gasteiger partial charge on any atom is -0.481 e. The van der Waals surface area contributed by atoms with Crippen molar-refractivity contribution in [2.75, 3.05) is 20.2 Å². The minimum absolute atomic E-state index is 0.125. The number of piperidine rings is 1. The fourth-order valence-electron chi connectivity index (χ4n) is 3.36. The van der Waals surface area contributed by atoms with Gasteiger partial charge in [0.2, 0.25) is 5.88 Å². The van der Waals surface area contributed by atoms with Crippen molar-refractivity contribution in [3.05, 3.63) is 44.7 Å². The van der Waals surface area contributed by atoms with Crippen molar-refractivity contribution in [1.82, 2.24) is 15.2 Å². The van der Waals surface area contributed by atoms with Crippen molar-refractivity contribution >= 4 is 39.3 Å². The maximum Gasteiger partial charge on any atom is 0.407 e. The Morgan fingerprint density at radius 2 is 2.11 bits per heavy atom. The molecule has 1 saturated heterocycles. The minimum atomic E-state index is -0.870. The van der Waals surface area contributed by atoms with Crippen LogP contribution in [-0.4, -0.2) is 47.2 Å². The van der Waals surface area contributed by atoms with Crippen LogP contribution in [0.5, 0.6) is 5.88 Å². The van der Waals surface area contributed by atoms with Crippen LogP contribution in [0, 0.1) is 5.92 Å². The van der Waals surface area contributed by atoms with E-state index in [1.165, 1.54) is 16.2 Å². The molecule has 0 aliphatic carbocycles. The first kappa shape index (κ1) is 20.6. The number of halogens is 1. The summed E-state index contributed by atoms with van der Waals surface area (Å²) in [6.45, 7) is 1.05. The van der Waals surface area contributed by atoms with E-state index in [9.17, 15) is 9.59 Å². The first-order valence-corrected chi connectivity index (χ1v) is 10.6. The van der Waals surface area contributed by atoms with Crippen molar-refractivity contribution in [2.45, 2.75) is 25.3 Å². The van der Waals surface area contributed by atoms with Crippen LogP contribution in [-0.2, 0) is 0 Å². The third kappa shape index (κ3) is 5.23. The monoisotopic (exact) mass is 467 g/mol. The summed E-state index contributed by atoms with van der Waals surface area (Å²) in [5, 5.41) is 12.2. The molecule has 3 rings (SSSR count). The number of methoxy groups -OCH3 is 1. The van der Waals surface area contributed by atoms with Crippen LogP contribution in [0.2, 0.25) is 0 Å². The van der Waals surface area contributed by atoms with Crippen molar-refractivity contribution in [3.63, 3.8) is 0 Å². The molecule has 2 amide bonds. The van der Waals surface area contributed by atoms with Gasteiger partial charge in [0, 0.05) is 25.4 Å². The lowest BCUT2D eigenvalue weighted by Crippen LogP contribution is -2.39. The van der Waals surface area contributed by atoms with Gasteiger partial charge < -0.3 is 20.1 Å². The zero-order valence-corrected chi connectivity index (χ0v) is 17.8. The smallest absolute Gasteiger partial charge is 0.407 e. The van der Waals surface area contributed by atoms with E-state index in [4.69, 9.17) is 9.84 Å². The third-order valence-corrected chi connectivity index (χ3v) is 6.55. The zero-order valence-electron chi connectivity index (χ0n) is 15.4. The van der Waals surface area contributed by atoms with E-state index in [0.717, 1.165) is 28.6 Å². The van der Waals surface area contributed by atoms with Gasteiger partial charge in [-0.2, -0.15) is 0 Å². The van der Waals surface area contributed by atoms with Crippen LogP contribution in [0.15, 0.2) is 34.2 Å². The lowest BCUT2D eigenvalue weighted by atomic mass is 9.88. The Kier molecular flexibility index (Phi) is 6.90. The Hall–Kier alpha value is -2.13. The molecule has 2 aromatic rings. The number of carboxylic acid groups (broad SMARTS) is 1. The van der Waals surface area contributed by atoms with E-state index in [0.29, 0.717) is 29.8 Å². The predicted octanol–water partition coefficient (Wildman–Crippen LogP) is 4.17. The lowest BCUT2D eigenvalue weighted by molar-refractivity contribution is 0.0926. The Bertz CT molecular complexity index is 819. The Balaban J connectivity index is 1.72. The molecule has 0 radical (unpaired) electrons. The summed E-state index contributed by atoms with van der Waals surface area (Å²) in [6, 6.07) is 7.13. The molecule has 0 spiro atoms. The molecule has 2 N–H and O–H groups in total. The van der Waals surface area contributed by atoms with E-state index in [2.05, 4.69) is 26.2 Å². The molecule has 0 bridgehead atoms. The number of pyridine rings is 1. The molecule has 150 valence electrons. The highest BCUT2D eigenvalue weighted by atomic mass is 79.9. The second-order valence-corrected chi connectivity index (χ2v) is 9.18. The molecule has 1 aliphatic rings. The lowest BCUT2D eigenvalue weighted by Gasteiger charge is -2.32. The summed E-state index contributed by atoms with van der Waals surface area (Å²) in [5.41, 5.74) is 0.908. The molecule has 0 aromatic carbocycles. The fourth-order valence-corrected chi connectivity index (χ4v) is 4.65. The van der Waals surface area contributed by atoms with Crippen molar-refractivity contribution in [3.8, 4) is 5.88 Å². The quantitative estimate of drug-likeness (QED) is 0.664. The summed E-state index contributed by atoms with van der Waals surface area (Å²) >= 11 is 4.77. The van der Waals surface area contributed by atoms with Gasteiger partial charge in [0.05, 0.1) is 21.8 Å². The van der Waals surface area contributed by atoms with E-state index >= 15 is 0 Å². The molecule has 1 atom stereocenters. The van der Waals surface area contributed by atoms with Gasteiger partial charge >= 0.3 is 6.09 Å². The van der Waals surface area contributed by atoms with Crippen LogP contribution < -0.4 is 10.1 Å². The van der Waals surface area contributed by atoms with E-state index in [-0.39, 0.29) is 11.9 Å². The molecule has 3 heterocycles. The predicted molar refractivity (Wildman–Crippen MR) is 110 cm³/mol. The molecule has 28 heavy (non-hydrogen) atoms. The molecule has 2 aromatic heterocycles. The number of nitrogens with one attached hydrogen (secondary N) is 1. The van der Waals surface area contributed by atoms with E-state index in [1.807, 2.05) is 12.1 Å². The maximum absolute atomic E-state index is 12.7. The summed E-state index contributed by atoms with van der Waals surface area (Å²) in [7, 11) is 1.56. The largest absolute Gasteiger partial charge is 0.481 e. The first-order valence-electron chi connectivity index (χ1n) is 9.00. The summed E-state index contributed by atoms with van der Waals surface area (Å²) in [4.78, 5) is 30.2. The summed E-state index contributed by atoms with van der Waals surface area (Å²) < 4.78 is 6.03. The molecule has 1 fully saturated rings. The Labute approximate surface area is 175 Å². The highest BCUT2D eigenvalue weighted by molar-refractivity contribution is 9.11. The maximum atomic E-state index is 12.7. The SMILES string of the molecule is COc1ccc([C@H](CC2CCN(C(=O)O)CC2)NC(=O)c2ccc(Br)s2)cn1. The average molecular weight is 468 g/mol. The standard InChI is InChI=1S/C19H22BrN3O4S/c1-27-17-5-2-13(11-21-17)14(22-18(24)15-3-4-16(20)28-15)10-12-6-8-23(9-7-12)19(25)26/h2-5,11-12,14H,6-10H2,1H3,(H,22,24)(H,25,26)/t14-/m0/s1. The van der Waals surface area contributed by atoms with Crippen LogP contribution in [0.4, 0.5) is 4.79 Å². The van der Waals surface area contributed by atoms with Gasteiger partial charge in [-0.1, -0.05) is 6.07 Å². The van der Waals surface area contributed by atoms with Crippen LogP contribution >= 0.6 is 27.3 Å². The number of aromatic nitrogens is 1. The van der Waals surface area contributed by atoms with Gasteiger partial charge in [-0.3, -0.25) is 4.79 Å². The molecule has 1 aliphatic heterocycles. The van der Waals surface area contributed by atoms with E-state index in [1.54, 1.807) is 25.4 Å². The number of carbonyl (C=O) groups excluding carboxylic acids is 1. The van der Waals surface area contributed by atoms with Gasteiger partial charge in [-0.25, -0.2) is 9.78 Å². The number of amides is 2. The second-order valence-electron chi connectivity index (χ2n) is 6.71. The summed E-state index contributed by atoms with van der Waals surface area (Å²) in [5.74, 6) is 0.725. The molecule has 9 heteroatoms. The van der Waals surface area contributed by atoms with Crippen molar-refractivity contribution < 1.29 is 19.4 Å². The van der Waals surface area contributed by atoms with Crippen molar-refractivity contribution in [1.29, 1.82) is 0 Å². The average Bonchev–Trinajstić information content (AvgIpc) is 3.14. The number of carbonyl (C=O) groups is 2. The number of thiophene rings is 1.